The number of ether oxygens (including phenoxy) is 2. The number of rotatable bonds is 4. The minimum absolute atomic E-state index is 0.0918. The van der Waals surface area contributed by atoms with Gasteiger partial charge in [0.15, 0.2) is 0 Å². The normalized spacial score (nSPS) is 12.7. The number of carbonyl (C=O) groups excluding carboxylic acids is 1. The number of nitrogens with one attached hydrogen (secondary N) is 1. The van der Waals surface area contributed by atoms with Gasteiger partial charge in [0.25, 0.3) is 5.69 Å². The minimum Gasteiger partial charge on any atom is -0.493 e. The Kier molecular flexibility index (Phi) is 4.60. The van der Waals surface area contributed by atoms with Crippen LogP contribution in [0.15, 0.2) is 42.5 Å². The predicted molar refractivity (Wildman–Crippen MR) is 87.2 cm³/mol. The molecular formula is C17H16N2O5. The van der Waals surface area contributed by atoms with E-state index in [2.05, 4.69) is 5.32 Å². The number of hydrogen-bond acceptors (Lipinski definition) is 5. The van der Waals surface area contributed by atoms with E-state index in [4.69, 9.17) is 9.47 Å². The third kappa shape index (κ3) is 3.62. The molecule has 0 aliphatic carbocycles. The van der Waals surface area contributed by atoms with Gasteiger partial charge in [0.2, 0.25) is 0 Å². The molecule has 1 aliphatic rings. The molecule has 0 fully saturated rings. The lowest BCUT2D eigenvalue weighted by molar-refractivity contribution is -0.384. The quantitative estimate of drug-likeness (QED) is 0.683. The van der Waals surface area contributed by atoms with E-state index < -0.39 is 11.0 Å². The van der Waals surface area contributed by atoms with Crippen LogP contribution < -0.4 is 10.1 Å². The van der Waals surface area contributed by atoms with Crippen LogP contribution in [0.2, 0.25) is 0 Å². The summed E-state index contributed by atoms with van der Waals surface area (Å²) in [5.74, 6) is 0.496. The topological polar surface area (TPSA) is 90.7 Å². The molecule has 0 saturated heterocycles. The molecule has 2 aromatic rings. The lowest BCUT2D eigenvalue weighted by atomic mass is 10.0. The molecule has 1 aliphatic heterocycles. The monoisotopic (exact) mass is 328 g/mol. The van der Waals surface area contributed by atoms with Gasteiger partial charge >= 0.3 is 6.09 Å². The van der Waals surface area contributed by atoms with E-state index in [1.54, 1.807) is 6.07 Å². The second-order valence-electron chi connectivity index (χ2n) is 5.37. The Balaban J connectivity index is 1.73. The Morgan fingerprint density at radius 1 is 1.29 bits per heavy atom. The van der Waals surface area contributed by atoms with Gasteiger partial charge in [-0.25, -0.2) is 4.79 Å². The number of fused-ring (bicyclic) bond motifs is 1. The first kappa shape index (κ1) is 15.8. The van der Waals surface area contributed by atoms with Crippen molar-refractivity contribution in [2.24, 2.45) is 0 Å². The van der Waals surface area contributed by atoms with E-state index in [0.717, 1.165) is 24.0 Å². The lowest BCUT2D eigenvalue weighted by Crippen LogP contribution is -2.16. The molecule has 0 aromatic heterocycles. The first-order valence-corrected chi connectivity index (χ1v) is 7.55. The molecule has 1 heterocycles. The number of nitrogens with zero attached hydrogens (tertiary/aromatic N) is 1. The Labute approximate surface area is 138 Å². The zero-order valence-corrected chi connectivity index (χ0v) is 12.9. The number of hydrogen-bond donors (Lipinski definition) is 1. The largest absolute Gasteiger partial charge is 0.493 e. The van der Waals surface area contributed by atoms with E-state index in [0.29, 0.717) is 12.4 Å². The average Bonchev–Trinajstić information content (AvgIpc) is 2.60. The van der Waals surface area contributed by atoms with Crippen LogP contribution in [-0.2, 0) is 17.8 Å². The number of nitro groups is 1. The van der Waals surface area contributed by atoms with Gasteiger partial charge in [0, 0.05) is 0 Å². The number of nitro benzene ring substituents is 1. The maximum atomic E-state index is 11.9. The number of benzene rings is 2. The van der Waals surface area contributed by atoms with Gasteiger partial charge in [0.05, 0.1) is 17.6 Å². The zero-order chi connectivity index (χ0) is 16.9. The molecule has 7 nitrogen and oxygen atoms in total. The van der Waals surface area contributed by atoms with Crippen LogP contribution in [0.25, 0.3) is 0 Å². The lowest BCUT2D eigenvalue weighted by Gasteiger charge is -2.18. The van der Waals surface area contributed by atoms with Gasteiger partial charge in [-0.1, -0.05) is 30.3 Å². The molecule has 2 aromatic carbocycles. The summed E-state index contributed by atoms with van der Waals surface area (Å²) in [7, 11) is 0. The summed E-state index contributed by atoms with van der Waals surface area (Å²) in [6, 6.07) is 12.1. The van der Waals surface area contributed by atoms with Crippen molar-refractivity contribution in [1.82, 2.24) is 0 Å². The van der Waals surface area contributed by atoms with Crippen molar-refractivity contribution in [2.75, 3.05) is 11.9 Å². The Hall–Kier alpha value is -3.09. The SMILES string of the molecule is O=C(Nc1cc2c(cc1[N+](=O)[O-])OCCC2)OCc1ccccc1. The van der Waals surface area contributed by atoms with Crippen LogP contribution in [0.4, 0.5) is 16.2 Å². The summed E-state index contributed by atoms with van der Waals surface area (Å²) in [5.41, 5.74) is 1.57. The van der Waals surface area contributed by atoms with E-state index in [9.17, 15) is 14.9 Å². The molecule has 7 heteroatoms. The van der Waals surface area contributed by atoms with E-state index >= 15 is 0 Å². The van der Waals surface area contributed by atoms with Crippen molar-refractivity contribution in [2.45, 2.75) is 19.4 Å². The van der Waals surface area contributed by atoms with Gasteiger partial charge < -0.3 is 9.47 Å². The summed E-state index contributed by atoms with van der Waals surface area (Å²) in [6.45, 7) is 0.630. The zero-order valence-electron chi connectivity index (χ0n) is 12.9. The maximum absolute atomic E-state index is 11.9. The highest BCUT2D eigenvalue weighted by Crippen LogP contribution is 2.35. The number of carbonyl (C=O) groups is 1. The number of amides is 1. The Morgan fingerprint density at radius 2 is 2.08 bits per heavy atom. The van der Waals surface area contributed by atoms with Gasteiger partial charge in [-0.05, 0) is 30.0 Å². The minimum atomic E-state index is -0.737. The fourth-order valence-electron chi connectivity index (χ4n) is 2.51. The highest BCUT2D eigenvalue weighted by atomic mass is 16.6. The molecule has 3 rings (SSSR count). The molecule has 0 atom stereocenters. The van der Waals surface area contributed by atoms with Gasteiger partial charge in [-0.2, -0.15) is 0 Å². The van der Waals surface area contributed by atoms with Crippen LogP contribution in [-0.4, -0.2) is 17.6 Å². The highest BCUT2D eigenvalue weighted by Gasteiger charge is 2.22. The van der Waals surface area contributed by atoms with Crippen LogP contribution in [0.1, 0.15) is 17.5 Å². The smallest absolute Gasteiger partial charge is 0.412 e. The van der Waals surface area contributed by atoms with Gasteiger partial charge in [0.1, 0.15) is 18.0 Å². The molecule has 24 heavy (non-hydrogen) atoms. The van der Waals surface area contributed by atoms with Crippen molar-refractivity contribution < 1.29 is 19.2 Å². The number of aryl methyl sites for hydroxylation is 1. The van der Waals surface area contributed by atoms with Crippen LogP contribution in [0.5, 0.6) is 5.75 Å². The summed E-state index contributed by atoms with van der Waals surface area (Å²) in [4.78, 5) is 22.6. The van der Waals surface area contributed by atoms with Crippen molar-refractivity contribution >= 4 is 17.5 Å². The van der Waals surface area contributed by atoms with E-state index in [1.807, 2.05) is 30.3 Å². The van der Waals surface area contributed by atoms with Crippen molar-refractivity contribution in [3.05, 3.63) is 63.7 Å². The molecule has 0 spiro atoms. The third-order valence-electron chi connectivity index (χ3n) is 3.67. The maximum Gasteiger partial charge on any atom is 0.412 e. The second kappa shape index (κ2) is 6.99. The summed E-state index contributed by atoms with van der Waals surface area (Å²) in [5, 5.41) is 13.7. The highest BCUT2D eigenvalue weighted by molar-refractivity contribution is 5.88. The molecule has 1 amide bonds. The van der Waals surface area contributed by atoms with Crippen LogP contribution in [0, 0.1) is 10.1 Å². The molecule has 124 valence electrons. The molecule has 0 radical (unpaired) electrons. The van der Waals surface area contributed by atoms with Crippen molar-refractivity contribution in [3.63, 3.8) is 0 Å². The summed E-state index contributed by atoms with van der Waals surface area (Å²) in [6.07, 6.45) is 0.850. The summed E-state index contributed by atoms with van der Waals surface area (Å²) >= 11 is 0. The van der Waals surface area contributed by atoms with Gasteiger partial charge in [-0.15, -0.1) is 0 Å². The van der Waals surface area contributed by atoms with E-state index in [-0.39, 0.29) is 18.0 Å². The van der Waals surface area contributed by atoms with Crippen LogP contribution >= 0.6 is 0 Å². The third-order valence-corrected chi connectivity index (χ3v) is 3.67. The Bertz CT molecular complexity index is 761. The first-order valence-electron chi connectivity index (χ1n) is 7.55. The molecule has 0 saturated carbocycles. The standard InChI is InChI=1S/C17H16N2O5/c20-17(24-11-12-5-2-1-3-6-12)18-14-9-13-7-4-8-23-16(13)10-15(14)19(21)22/h1-3,5-6,9-10H,4,7-8,11H2,(H,18,20). The van der Waals surface area contributed by atoms with E-state index in [1.165, 1.54) is 6.07 Å². The molecule has 1 N–H and O–H groups in total. The van der Waals surface area contributed by atoms with Crippen molar-refractivity contribution in [1.29, 1.82) is 0 Å². The first-order chi connectivity index (χ1) is 11.6. The molecular weight excluding hydrogens is 312 g/mol. The molecule has 0 bridgehead atoms. The van der Waals surface area contributed by atoms with Crippen LogP contribution in [0.3, 0.4) is 0 Å². The fourth-order valence-corrected chi connectivity index (χ4v) is 2.51. The Morgan fingerprint density at radius 3 is 2.83 bits per heavy atom. The van der Waals surface area contributed by atoms with Gasteiger partial charge in [-0.3, -0.25) is 15.4 Å². The van der Waals surface area contributed by atoms with Crippen molar-refractivity contribution in [3.8, 4) is 5.75 Å². The average molecular weight is 328 g/mol. The summed E-state index contributed by atoms with van der Waals surface area (Å²) < 4.78 is 10.5. The molecule has 0 unspecified atom stereocenters. The number of anilines is 1. The predicted octanol–water partition coefficient (Wildman–Crippen LogP) is 3.67. The second-order valence-corrected chi connectivity index (χ2v) is 5.37. The fraction of sp³-hybridized carbons (Fsp3) is 0.235.